The van der Waals surface area contributed by atoms with Crippen LogP contribution in [0.1, 0.15) is 27.7 Å². The van der Waals surface area contributed by atoms with Crippen LogP contribution in [0.4, 0.5) is 0 Å². The van der Waals surface area contributed by atoms with Crippen LogP contribution in [0, 0.1) is 0 Å². The van der Waals surface area contributed by atoms with Crippen molar-refractivity contribution < 1.29 is 18.4 Å². The fraction of sp³-hybridized carbons (Fsp3) is 0.667. The third kappa shape index (κ3) is 3.37. The topological polar surface area (TPSA) is 52.6 Å². The molecule has 0 aromatic heterocycles. The summed E-state index contributed by atoms with van der Waals surface area (Å²) in [7, 11) is -3.37. The minimum atomic E-state index is -3.37. The summed E-state index contributed by atoms with van der Waals surface area (Å²) < 4.78 is 22.1. The second-order valence-corrected chi connectivity index (χ2v) is 4.83. The first-order chi connectivity index (χ1) is 6.51. The molecule has 0 aliphatic rings. The highest BCUT2D eigenvalue weighted by Crippen LogP contribution is 2.56. The van der Waals surface area contributed by atoms with E-state index in [4.69, 9.17) is 9.05 Å². The lowest BCUT2D eigenvalue weighted by Gasteiger charge is -2.17. The normalized spacial score (nSPS) is 11.1. The predicted octanol–water partition coefficient (Wildman–Crippen LogP) is 2.75. The number of carbonyl (C=O) groups is 1. The fourth-order valence-electron chi connectivity index (χ4n) is 0.973. The minimum Gasteiger partial charge on any atom is -0.305 e. The number of allylic oxidation sites excluding steroid dienone is 2. The van der Waals surface area contributed by atoms with E-state index in [9.17, 15) is 9.36 Å². The highest BCUT2D eigenvalue weighted by atomic mass is 31.2. The zero-order valence-electron chi connectivity index (χ0n) is 9.07. The van der Waals surface area contributed by atoms with Crippen molar-refractivity contribution in [3.63, 3.8) is 0 Å². The van der Waals surface area contributed by atoms with Gasteiger partial charge in [-0.1, -0.05) is 5.57 Å². The maximum absolute atomic E-state index is 12.1. The third-order valence-electron chi connectivity index (χ3n) is 1.52. The Hall–Kier alpha value is -0.440. The number of aldehydes is 1. The lowest BCUT2D eigenvalue weighted by atomic mass is 10.3. The van der Waals surface area contributed by atoms with Crippen molar-refractivity contribution in [2.24, 2.45) is 0 Å². The molecule has 0 bridgehead atoms. The van der Waals surface area contributed by atoms with Crippen LogP contribution in [0.5, 0.6) is 0 Å². The van der Waals surface area contributed by atoms with E-state index in [0.717, 1.165) is 0 Å². The van der Waals surface area contributed by atoms with Crippen LogP contribution in [-0.2, 0) is 18.4 Å². The highest BCUT2D eigenvalue weighted by Gasteiger charge is 2.30. The summed E-state index contributed by atoms with van der Waals surface area (Å²) >= 11 is 0. The smallest absolute Gasteiger partial charge is 0.305 e. The van der Waals surface area contributed by atoms with Gasteiger partial charge in [-0.15, -0.1) is 0 Å². The molecule has 14 heavy (non-hydrogen) atoms. The van der Waals surface area contributed by atoms with Crippen molar-refractivity contribution in [2.45, 2.75) is 27.7 Å². The second-order valence-electron chi connectivity index (χ2n) is 2.84. The molecule has 0 fully saturated rings. The van der Waals surface area contributed by atoms with Gasteiger partial charge >= 0.3 is 7.60 Å². The molecule has 0 rings (SSSR count). The predicted molar refractivity (Wildman–Crippen MR) is 55.3 cm³/mol. The van der Waals surface area contributed by atoms with E-state index in [2.05, 4.69) is 0 Å². The Kier molecular flexibility index (Phi) is 5.93. The Balaban J connectivity index is 5.07. The van der Waals surface area contributed by atoms with Crippen molar-refractivity contribution >= 4 is 13.9 Å². The van der Waals surface area contributed by atoms with Crippen molar-refractivity contribution in [3.05, 3.63) is 10.9 Å². The monoisotopic (exact) mass is 220 g/mol. The molecule has 0 N–H and O–H groups in total. The molecule has 0 saturated heterocycles. The second kappa shape index (κ2) is 6.12. The fourth-order valence-corrected chi connectivity index (χ4v) is 2.68. The summed E-state index contributed by atoms with van der Waals surface area (Å²) in [6.45, 7) is 7.32. The summed E-state index contributed by atoms with van der Waals surface area (Å²) in [6, 6.07) is 0. The first-order valence-electron chi connectivity index (χ1n) is 4.54. The van der Waals surface area contributed by atoms with E-state index < -0.39 is 7.60 Å². The number of hydrogen-bond acceptors (Lipinski definition) is 4. The molecule has 0 heterocycles. The molecule has 0 aliphatic carbocycles. The zero-order valence-corrected chi connectivity index (χ0v) is 9.97. The third-order valence-corrected chi connectivity index (χ3v) is 3.86. The van der Waals surface area contributed by atoms with E-state index >= 15 is 0 Å². The van der Waals surface area contributed by atoms with Gasteiger partial charge in [0.05, 0.1) is 13.2 Å². The molecule has 82 valence electrons. The molecule has 0 aliphatic heterocycles. The van der Waals surface area contributed by atoms with Gasteiger partial charge in [-0.2, -0.15) is 0 Å². The average molecular weight is 220 g/mol. The lowest BCUT2D eigenvalue weighted by molar-refractivity contribution is -0.104. The first-order valence-corrected chi connectivity index (χ1v) is 6.08. The number of rotatable bonds is 6. The van der Waals surface area contributed by atoms with Gasteiger partial charge in [0.1, 0.15) is 5.31 Å². The molecule has 0 aromatic rings. The van der Waals surface area contributed by atoms with E-state index in [-0.39, 0.29) is 18.5 Å². The molecule has 0 spiro atoms. The maximum atomic E-state index is 12.1. The average Bonchev–Trinajstić information content (AvgIpc) is 2.04. The van der Waals surface area contributed by atoms with Crippen LogP contribution < -0.4 is 0 Å². The van der Waals surface area contributed by atoms with Gasteiger partial charge in [-0.05, 0) is 27.7 Å². The van der Waals surface area contributed by atoms with Crippen LogP contribution in [0.15, 0.2) is 10.9 Å². The summed E-state index contributed by atoms with van der Waals surface area (Å²) in [6.07, 6.45) is 0.543. The molecule has 0 aromatic carbocycles. The Labute approximate surface area is 84.8 Å². The largest absolute Gasteiger partial charge is 0.364 e. The SMILES string of the molecule is CCOP(=O)(OCC)C(C=O)=C(C)C. The van der Waals surface area contributed by atoms with Gasteiger partial charge in [0.25, 0.3) is 0 Å². The van der Waals surface area contributed by atoms with E-state index in [1.165, 1.54) is 0 Å². The van der Waals surface area contributed by atoms with Gasteiger partial charge in [-0.3, -0.25) is 9.36 Å². The molecular weight excluding hydrogens is 203 g/mol. The Bertz CT molecular complexity index is 256. The van der Waals surface area contributed by atoms with E-state index in [0.29, 0.717) is 11.9 Å². The number of hydrogen-bond donors (Lipinski definition) is 0. The van der Waals surface area contributed by atoms with Gasteiger partial charge in [0.2, 0.25) is 0 Å². The molecular formula is C9H17O4P. The van der Waals surface area contributed by atoms with Crippen molar-refractivity contribution in [3.8, 4) is 0 Å². The Morgan fingerprint density at radius 2 is 1.64 bits per heavy atom. The summed E-state index contributed by atoms with van der Waals surface area (Å²) in [4.78, 5) is 10.8. The molecule has 0 unspecified atom stereocenters. The van der Waals surface area contributed by atoms with Gasteiger partial charge in [-0.25, -0.2) is 0 Å². The molecule has 0 atom stereocenters. The van der Waals surface area contributed by atoms with Gasteiger partial charge < -0.3 is 9.05 Å². The van der Waals surface area contributed by atoms with Crippen LogP contribution >= 0.6 is 7.60 Å². The Morgan fingerprint density at radius 1 is 1.21 bits per heavy atom. The summed E-state index contributed by atoms with van der Waals surface area (Å²) in [5.74, 6) is 0. The van der Waals surface area contributed by atoms with Gasteiger partial charge in [0, 0.05) is 0 Å². The van der Waals surface area contributed by atoms with Crippen molar-refractivity contribution in [1.29, 1.82) is 0 Å². The van der Waals surface area contributed by atoms with Crippen LogP contribution in [0.25, 0.3) is 0 Å². The molecule has 0 amide bonds. The van der Waals surface area contributed by atoms with Crippen molar-refractivity contribution in [1.82, 2.24) is 0 Å². The van der Waals surface area contributed by atoms with E-state index in [1.54, 1.807) is 27.7 Å². The van der Waals surface area contributed by atoms with Crippen LogP contribution in [0.3, 0.4) is 0 Å². The highest BCUT2D eigenvalue weighted by molar-refractivity contribution is 7.59. The molecule has 4 nitrogen and oxygen atoms in total. The van der Waals surface area contributed by atoms with Gasteiger partial charge in [0.15, 0.2) is 6.29 Å². The minimum absolute atomic E-state index is 0.126. The standard InChI is InChI=1S/C9H17O4P/c1-5-12-14(11,13-6-2)9(7-10)8(3)4/h7H,5-6H2,1-4H3. The zero-order chi connectivity index (χ0) is 11.2. The lowest BCUT2D eigenvalue weighted by Crippen LogP contribution is -2.01. The van der Waals surface area contributed by atoms with Crippen molar-refractivity contribution in [2.75, 3.05) is 13.2 Å². The molecule has 5 heteroatoms. The van der Waals surface area contributed by atoms with Crippen LogP contribution in [-0.4, -0.2) is 19.5 Å². The van der Waals surface area contributed by atoms with Crippen LogP contribution in [0.2, 0.25) is 0 Å². The summed E-state index contributed by atoms with van der Waals surface area (Å²) in [5.41, 5.74) is 0.658. The molecule has 0 radical (unpaired) electrons. The molecule has 0 saturated carbocycles. The maximum Gasteiger partial charge on any atom is 0.364 e. The summed E-state index contributed by atoms with van der Waals surface area (Å²) in [5, 5.41) is 0.126. The van der Waals surface area contributed by atoms with E-state index in [1.807, 2.05) is 0 Å². The first kappa shape index (κ1) is 13.6. The number of carbonyl (C=O) groups excluding carboxylic acids is 1. The Morgan fingerprint density at radius 3 is 1.86 bits per heavy atom. The quantitative estimate of drug-likeness (QED) is 0.392.